The molecule has 0 spiro atoms. The van der Waals surface area contributed by atoms with Gasteiger partial charge in [-0.15, -0.1) is 0 Å². The number of aromatic amines is 1. The Morgan fingerprint density at radius 2 is 1.85 bits per heavy atom. The van der Waals surface area contributed by atoms with Crippen LogP contribution >= 0.6 is 0 Å². The van der Waals surface area contributed by atoms with E-state index in [2.05, 4.69) is 84.1 Å². The Morgan fingerprint density at radius 1 is 1.00 bits per heavy atom. The summed E-state index contributed by atoms with van der Waals surface area (Å²) < 4.78 is 0. The lowest BCUT2D eigenvalue weighted by atomic mass is 9.85. The van der Waals surface area contributed by atoms with Gasteiger partial charge in [-0.2, -0.15) is 0 Å². The van der Waals surface area contributed by atoms with Crippen LogP contribution in [0.2, 0.25) is 0 Å². The minimum Gasteiger partial charge on any atom is -0.361 e. The van der Waals surface area contributed by atoms with Crippen LogP contribution in [0.1, 0.15) is 41.9 Å². The van der Waals surface area contributed by atoms with Crippen molar-refractivity contribution in [2.24, 2.45) is 0 Å². The molecule has 2 heteroatoms. The molecule has 134 valence electrons. The zero-order chi connectivity index (χ0) is 17.8. The summed E-state index contributed by atoms with van der Waals surface area (Å²) in [5.74, 6) is 0.498. The summed E-state index contributed by atoms with van der Waals surface area (Å²) in [7, 11) is 0. The van der Waals surface area contributed by atoms with Crippen LogP contribution in [0.15, 0.2) is 66.9 Å². The van der Waals surface area contributed by atoms with Gasteiger partial charge in [-0.25, -0.2) is 0 Å². The normalized spacial score (nSPS) is 19.9. The molecule has 0 fully saturated rings. The average Bonchev–Trinajstić information content (AvgIpc) is 3.09. The molecule has 2 unspecified atom stereocenters. The second-order valence-corrected chi connectivity index (χ2v) is 7.48. The van der Waals surface area contributed by atoms with E-state index in [4.69, 9.17) is 0 Å². The zero-order valence-electron chi connectivity index (χ0n) is 15.5. The van der Waals surface area contributed by atoms with Gasteiger partial charge in [0.25, 0.3) is 0 Å². The number of benzene rings is 2. The van der Waals surface area contributed by atoms with E-state index in [0.29, 0.717) is 12.0 Å². The minimum absolute atomic E-state index is 0.498. The van der Waals surface area contributed by atoms with Gasteiger partial charge in [0.15, 0.2) is 0 Å². The third-order valence-corrected chi connectivity index (χ3v) is 5.62. The predicted octanol–water partition coefficient (Wildman–Crippen LogP) is 5.50. The molecule has 1 aliphatic rings. The first-order chi connectivity index (χ1) is 12.8. The van der Waals surface area contributed by atoms with Gasteiger partial charge < -0.3 is 10.3 Å². The minimum atomic E-state index is 0.498. The van der Waals surface area contributed by atoms with Gasteiger partial charge in [0.2, 0.25) is 0 Å². The number of rotatable bonds is 6. The fraction of sp³-hybridized carbons (Fsp3) is 0.333. The lowest BCUT2D eigenvalue weighted by Gasteiger charge is -2.29. The van der Waals surface area contributed by atoms with Crippen LogP contribution in [0.25, 0.3) is 10.9 Å². The summed E-state index contributed by atoms with van der Waals surface area (Å²) >= 11 is 0. The van der Waals surface area contributed by atoms with Gasteiger partial charge in [0.05, 0.1) is 0 Å². The number of unbranched alkanes of at least 4 members (excludes halogenated alkanes) is 1. The average molecular weight is 345 g/mol. The summed E-state index contributed by atoms with van der Waals surface area (Å²) in [6, 6.07) is 18.2. The fourth-order valence-electron chi connectivity index (χ4n) is 4.13. The van der Waals surface area contributed by atoms with Crippen molar-refractivity contribution in [3.05, 3.63) is 83.6 Å². The maximum atomic E-state index is 3.71. The van der Waals surface area contributed by atoms with Crippen LogP contribution < -0.4 is 5.32 Å². The Bertz CT molecular complexity index is 873. The molecule has 1 aromatic heterocycles. The SMILES string of the molecule is Cc1ccc(C2C=CCNC2CCCCc2c[nH]c3ccccc23)cc1. The van der Waals surface area contributed by atoms with Crippen molar-refractivity contribution in [1.82, 2.24) is 10.3 Å². The fourth-order valence-corrected chi connectivity index (χ4v) is 4.13. The van der Waals surface area contributed by atoms with Gasteiger partial charge in [-0.3, -0.25) is 0 Å². The van der Waals surface area contributed by atoms with Crippen LogP contribution in [0.4, 0.5) is 0 Å². The zero-order valence-corrected chi connectivity index (χ0v) is 15.5. The summed E-state index contributed by atoms with van der Waals surface area (Å²) in [5.41, 5.74) is 5.46. The number of aryl methyl sites for hydroxylation is 2. The van der Waals surface area contributed by atoms with E-state index in [1.54, 1.807) is 0 Å². The highest BCUT2D eigenvalue weighted by atomic mass is 14.9. The highest BCUT2D eigenvalue weighted by molar-refractivity contribution is 5.82. The van der Waals surface area contributed by atoms with Crippen molar-refractivity contribution < 1.29 is 0 Å². The largest absolute Gasteiger partial charge is 0.361 e. The second kappa shape index (κ2) is 7.92. The molecule has 0 bridgehead atoms. The van der Waals surface area contributed by atoms with Crippen molar-refractivity contribution in [3.8, 4) is 0 Å². The third-order valence-electron chi connectivity index (χ3n) is 5.62. The van der Waals surface area contributed by atoms with Gasteiger partial charge in [0.1, 0.15) is 0 Å². The maximum absolute atomic E-state index is 3.71. The molecule has 2 N–H and O–H groups in total. The van der Waals surface area contributed by atoms with E-state index in [1.807, 2.05) is 0 Å². The summed E-state index contributed by atoms with van der Waals surface area (Å²) in [4.78, 5) is 3.39. The van der Waals surface area contributed by atoms with Gasteiger partial charge in [-0.1, -0.05) is 66.6 Å². The van der Waals surface area contributed by atoms with Crippen molar-refractivity contribution >= 4 is 10.9 Å². The van der Waals surface area contributed by atoms with Crippen molar-refractivity contribution in [3.63, 3.8) is 0 Å². The van der Waals surface area contributed by atoms with Crippen LogP contribution in [-0.2, 0) is 6.42 Å². The number of fused-ring (bicyclic) bond motifs is 1. The van der Waals surface area contributed by atoms with Crippen molar-refractivity contribution in [2.45, 2.75) is 44.6 Å². The topological polar surface area (TPSA) is 27.8 Å². The van der Waals surface area contributed by atoms with Crippen LogP contribution in [0, 0.1) is 6.92 Å². The Labute approximate surface area is 156 Å². The van der Waals surface area contributed by atoms with Crippen LogP contribution in [-0.4, -0.2) is 17.6 Å². The molecule has 4 rings (SSSR count). The van der Waals surface area contributed by atoms with E-state index in [-0.39, 0.29) is 0 Å². The highest BCUT2D eigenvalue weighted by Gasteiger charge is 2.22. The number of hydrogen-bond acceptors (Lipinski definition) is 1. The first-order valence-electron chi connectivity index (χ1n) is 9.83. The summed E-state index contributed by atoms with van der Waals surface area (Å²) in [6.45, 7) is 3.15. The molecule has 3 aromatic rings. The lowest BCUT2D eigenvalue weighted by molar-refractivity contribution is 0.432. The molecular weight excluding hydrogens is 316 g/mol. The number of hydrogen-bond donors (Lipinski definition) is 2. The van der Waals surface area contributed by atoms with E-state index in [1.165, 1.54) is 46.9 Å². The van der Waals surface area contributed by atoms with E-state index >= 15 is 0 Å². The first kappa shape index (κ1) is 17.1. The standard InChI is InChI=1S/C24H28N2/c1-18-12-14-19(15-13-18)21-9-6-16-25-23(21)10-4-2-7-20-17-26-24-11-5-3-8-22(20)24/h3,5-6,8-9,11-15,17,21,23,25-26H,2,4,7,10,16H2,1H3. The molecule has 2 heterocycles. The summed E-state index contributed by atoms with van der Waals surface area (Å²) in [6.07, 6.45) is 11.7. The Hall–Kier alpha value is -2.32. The van der Waals surface area contributed by atoms with E-state index in [0.717, 1.165) is 13.0 Å². The molecule has 1 aliphatic heterocycles. The Kier molecular flexibility index (Phi) is 5.21. The number of nitrogens with one attached hydrogen (secondary N) is 2. The van der Waals surface area contributed by atoms with Crippen LogP contribution in [0.3, 0.4) is 0 Å². The number of para-hydroxylation sites is 1. The van der Waals surface area contributed by atoms with Gasteiger partial charge in [0, 0.05) is 35.6 Å². The molecule has 0 saturated carbocycles. The van der Waals surface area contributed by atoms with Gasteiger partial charge in [-0.05, 0) is 43.4 Å². The molecule has 0 amide bonds. The summed E-state index contributed by atoms with van der Waals surface area (Å²) in [5, 5.41) is 5.09. The quantitative estimate of drug-likeness (QED) is 0.448. The van der Waals surface area contributed by atoms with Crippen molar-refractivity contribution in [1.29, 1.82) is 0 Å². The molecule has 0 radical (unpaired) electrons. The number of H-pyrrole nitrogens is 1. The first-order valence-corrected chi connectivity index (χ1v) is 9.83. The smallest absolute Gasteiger partial charge is 0.0456 e. The molecule has 2 nitrogen and oxygen atoms in total. The lowest BCUT2D eigenvalue weighted by Crippen LogP contribution is -2.37. The molecule has 2 aromatic carbocycles. The molecule has 2 atom stereocenters. The Morgan fingerprint density at radius 3 is 2.73 bits per heavy atom. The third kappa shape index (κ3) is 3.76. The number of aromatic nitrogens is 1. The monoisotopic (exact) mass is 344 g/mol. The molecule has 0 saturated heterocycles. The van der Waals surface area contributed by atoms with Crippen molar-refractivity contribution in [2.75, 3.05) is 6.54 Å². The molecule has 26 heavy (non-hydrogen) atoms. The highest BCUT2D eigenvalue weighted by Crippen LogP contribution is 2.27. The van der Waals surface area contributed by atoms with Crippen LogP contribution in [0.5, 0.6) is 0 Å². The predicted molar refractivity (Wildman–Crippen MR) is 111 cm³/mol. The maximum Gasteiger partial charge on any atom is 0.0456 e. The Balaban J connectivity index is 1.34. The second-order valence-electron chi connectivity index (χ2n) is 7.48. The van der Waals surface area contributed by atoms with E-state index in [9.17, 15) is 0 Å². The van der Waals surface area contributed by atoms with Gasteiger partial charge >= 0.3 is 0 Å². The molecule has 0 aliphatic carbocycles. The van der Waals surface area contributed by atoms with E-state index < -0.39 is 0 Å². The molecular formula is C24H28N2.